The molecule has 0 spiro atoms. The van der Waals surface area contributed by atoms with Gasteiger partial charge in [0.25, 0.3) is 5.91 Å². The molecule has 0 aliphatic heterocycles. The molecule has 0 saturated carbocycles. The lowest BCUT2D eigenvalue weighted by molar-refractivity contribution is 0.00316. The fourth-order valence-corrected chi connectivity index (χ4v) is 0.947. The summed E-state index contributed by atoms with van der Waals surface area (Å²) in [5, 5.41) is 20.7. The Morgan fingerprint density at radius 2 is 2.40 bits per heavy atom. The molecule has 0 bridgehead atoms. The van der Waals surface area contributed by atoms with Crippen LogP contribution < -0.4 is 5.32 Å². The van der Waals surface area contributed by atoms with Crippen molar-refractivity contribution in [2.45, 2.75) is 12.5 Å². The van der Waals surface area contributed by atoms with Crippen molar-refractivity contribution in [2.24, 2.45) is 7.05 Å². The van der Waals surface area contributed by atoms with Crippen LogP contribution in [0.5, 0.6) is 0 Å². The number of aliphatic hydroxyl groups excluding tert-OH is 1. The molecule has 0 aromatic carbocycles. The van der Waals surface area contributed by atoms with Crippen molar-refractivity contribution >= 4 is 5.91 Å². The van der Waals surface area contributed by atoms with Gasteiger partial charge in [-0.2, -0.15) is 0 Å². The third-order valence-electron chi connectivity index (χ3n) is 1.91. The molecule has 1 aromatic rings. The molecule has 0 saturated heterocycles. The Morgan fingerprint density at radius 3 is 2.87 bits per heavy atom. The zero-order valence-corrected chi connectivity index (χ0v) is 8.77. The maximum atomic E-state index is 11.4. The molecule has 1 aromatic heterocycles. The maximum Gasteiger partial charge on any atom is 0.271 e. The number of imidazole rings is 1. The van der Waals surface area contributed by atoms with E-state index in [2.05, 4.69) is 10.3 Å². The highest BCUT2D eigenvalue weighted by molar-refractivity contribution is 5.92. The molecule has 0 aliphatic carbocycles. The molecule has 1 unspecified atom stereocenters. The predicted molar refractivity (Wildman–Crippen MR) is 53.3 cm³/mol. The summed E-state index contributed by atoms with van der Waals surface area (Å²) in [6.07, 6.45) is 3.09. The average Bonchev–Trinajstić information content (AvgIpc) is 2.61. The van der Waals surface area contributed by atoms with Crippen molar-refractivity contribution in [2.75, 3.05) is 13.2 Å². The average molecular weight is 213 g/mol. The lowest BCUT2D eigenvalue weighted by Gasteiger charge is -2.20. The molecule has 84 valence electrons. The zero-order chi connectivity index (χ0) is 11.5. The van der Waals surface area contributed by atoms with Gasteiger partial charge in [-0.05, 0) is 6.92 Å². The maximum absolute atomic E-state index is 11.4. The highest BCUT2D eigenvalue weighted by Crippen LogP contribution is 2.00. The number of aliphatic hydroxyl groups is 2. The highest BCUT2D eigenvalue weighted by Gasteiger charge is 2.20. The normalized spacial score (nSPS) is 14.7. The number of rotatable bonds is 4. The van der Waals surface area contributed by atoms with Crippen LogP contribution in [0.1, 0.15) is 17.4 Å². The summed E-state index contributed by atoms with van der Waals surface area (Å²) in [5.41, 5.74) is -1.02. The van der Waals surface area contributed by atoms with Crippen LogP contribution in [0.15, 0.2) is 12.5 Å². The van der Waals surface area contributed by atoms with Gasteiger partial charge in [-0.1, -0.05) is 0 Å². The number of carbonyl (C=O) groups excluding carboxylic acids is 1. The second-order valence-electron chi connectivity index (χ2n) is 3.76. The molecule has 6 nitrogen and oxygen atoms in total. The number of hydrogen-bond donors (Lipinski definition) is 3. The van der Waals surface area contributed by atoms with Gasteiger partial charge in [-0.25, -0.2) is 4.98 Å². The number of hydrogen-bond acceptors (Lipinski definition) is 4. The zero-order valence-electron chi connectivity index (χ0n) is 8.77. The third-order valence-corrected chi connectivity index (χ3v) is 1.91. The first-order chi connectivity index (χ1) is 6.94. The van der Waals surface area contributed by atoms with E-state index in [4.69, 9.17) is 5.11 Å². The first-order valence-electron chi connectivity index (χ1n) is 4.54. The Hall–Kier alpha value is -1.40. The van der Waals surface area contributed by atoms with Gasteiger partial charge in [0.2, 0.25) is 0 Å². The van der Waals surface area contributed by atoms with Crippen LogP contribution in [0, 0.1) is 0 Å². The number of nitrogens with one attached hydrogen (secondary N) is 1. The fraction of sp³-hybridized carbons (Fsp3) is 0.556. The van der Waals surface area contributed by atoms with Gasteiger partial charge < -0.3 is 20.1 Å². The highest BCUT2D eigenvalue weighted by atomic mass is 16.3. The summed E-state index contributed by atoms with van der Waals surface area (Å²) in [7, 11) is 1.76. The summed E-state index contributed by atoms with van der Waals surface area (Å²) >= 11 is 0. The summed E-state index contributed by atoms with van der Waals surface area (Å²) < 4.78 is 1.65. The molecule has 6 heteroatoms. The van der Waals surface area contributed by atoms with Crippen molar-refractivity contribution in [3.05, 3.63) is 18.2 Å². The number of aryl methyl sites for hydroxylation is 1. The second-order valence-corrected chi connectivity index (χ2v) is 3.76. The van der Waals surface area contributed by atoms with E-state index >= 15 is 0 Å². The number of amides is 1. The van der Waals surface area contributed by atoms with Crippen LogP contribution in [-0.2, 0) is 7.05 Å². The van der Waals surface area contributed by atoms with Crippen molar-refractivity contribution in [3.8, 4) is 0 Å². The lowest BCUT2D eigenvalue weighted by Crippen LogP contribution is -2.43. The molecule has 0 aliphatic rings. The van der Waals surface area contributed by atoms with Crippen LogP contribution >= 0.6 is 0 Å². The first-order valence-corrected chi connectivity index (χ1v) is 4.54. The van der Waals surface area contributed by atoms with E-state index in [0.717, 1.165) is 0 Å². The fourth-order valence-electron chi connectivity index (χ4n) is 0.947. The van der Waals surface area contributed by atoms with Gasteiger partial charge in [-0.3, -0.25) is 4.79 Å². The third kappa shape index (κ3) is 3.34. The topological polar surface area (TPSA) is 87.4 Å². The number of nitrogens with zero attached hydrogens (tertiary/aromatic N) is 2. The van der Waals surface area contributed by atoms with Gasteiger partial charge in [-0.15, -0.1) is 0 Å². The molecule has 15 heavy (non-hydrogen) atoms. The minimum absolute atomic E-state index is 0.0150. The Kier molecular flexibility index (Phi) is 3.43. The predicted octanol–water partition coefficient (Wildman–Crippen LogP) is -1.11. The van der Waals surface area contributed by atoms with Crippen molar-refractivity contribution < 1.29 is 15.0 Å². The molecule has 0 fully saturated rings. The standard InChI is InChI=1S/C9H15N3O3/c1-9(15,5-13)4-10-8(14)7-3-12(2)6-11-7/h3,6,13,15H,4-5H2,1-2H3,(H,10,14). The van der Waals surface area contributed by atoms with Gasteiger partial charge in [0, 0.05) is 19.8 Å². The van der Waals surface area contributed by atoms with Crippen molar-refractivity contribution in [1.82, 2.24) is 14.9 Å². The molecular weight excluding hydrogens is 198 g/mol. The summed E-state index contributed by atoms with van der Waals surface area (Å²) in [6.45, 7) is 1.01. The van der Waals surface area contributed by atoms with E-state index < -0.39 is 12.2 Å². The van der Waals surface area contributed by atoms with Crippen molar-refractivity contribution in [1.29, 1.82) is 0 Å². The minimum atomic E-state index is -1.30. The van der Waals surface area contributed by atoms with Crippen LogP contribution in [0.4, 0.5) is 0 Å². The molecule has 1 amide bonds. The van der Waals surface area contributed by atoms with E-state index in [0.29, 0.717) is 0 Å². The number of aromatic nitrogens is 2. The molecule has 1 rings (SSSR count). The van der Waals surface area contributed by atoms with Gasteiger partial charge in [0.1, 0.15) is 11.3 Å². The Morgan fingerprint density at radius 1 is 1.73 bits per heavy atom. The van der Waals surface area contributed by atoms with Crippen LogP contribution in [0.2, 0.25) is 0 Å². The monoisotopic (exact) mass is 213 g/mol. The van der Waals surface area contributed by atoms with Crippen LogP contribution in [-0.4, -0.2) is 44.4 Å². The molecule has 1 heterocycles. The van der Waals surface area contributed by atoms with E-state index in [1.165, 1.54) is 13.3 Å². The Balaban J connectivity index is 2.50. The van der Waals surface area contributed by atoms with E-state index in [1.807, 2.05) is 0 Å². The molecular formula is C9H15N3O3. The molecule has 0 radical (unpaired) electrons. The number of carbonyl (C=O) groups is 1. The second kappa shape index (κ2) is 4.41. The van der Waals surface area contributed by atoms with Gasteiger partial charge in [0.15, 0.2) is 0 Å². The Bertz CT molecular complexity index is 346. The lowest BCUT2D eigenvalue weighted by atomic mass is 10.1. The summed E-state index contributed by atoms with van der Waals surface area (Å²) in [6, 6.07) is 0. The largest absolute Gasteiger partial charge is 0.393 e. The quantitative estimate of drug-likeness (QED) is 0.592. The van der Waals surface area contributed by atoms with Gasteiger partial charge >= 0.3 is 0 Å². The van der Waals surface area contributed by atoms with E-state index in [9.17, 15) is 9.90 Å². The summed E-state index contributed by atoms with van der Waals surface area (Å²) in [4.78, 5) is 15.3. The minimum Gasteiger partial charge on any atom is -0.393 e. The van der Waals surface area contributed by atoms with Crippen LogP contribution in [0.25, 0.3) is 0 Å². The molecule has 3 N–H and O–H groups in total. The molecule has 1 atom stereocenters. The summed E-state index contributed by atoms with van der Waals surface area (Å²) in [5.74, 6) is -0.371. The van der Waals surface area contributed by atoms with Gasteiger partial charge in [0.05, 0.1) is 12.9 Å². The SMILES string of the molecule is Cn1cnc(C(=O)NCC(C)(O)CO)c1. The van der Waals surface area contributed by atoms with E-state index in [1.54, 1.807) is 17.8 Å². The first kappa shape index (κ1) is 11.7. The Labute approximate surface area is 87.6 Å². The smallest absolute Gasteiger partial charge is 0.271 e. The van der Waals surface area contributed by atoms with E-state index in [-0.39, 0.29) is 18.1 Å². The van der Waals surface area contributed by atoms with Crippen molar-refractivity contribution in [3.63, 3.8) is 0 Å². The van der Waals surface area contributed by atoms with Crippen LogP contribution in [0.3, 0.4) is 0 Å².